The Hall–Kier alpha value is -3.12. The Bertz CT molecular complexity index is 1190. The molecule has 2 unspecified atom stereocenters. The third-order valence-corrected chi connectivity index (χ3v) is 7.05. The van der Waals surface area contributed by atoms with Crippen molar-refractivity contribution in [3.05, 3.63) is 76.9 Å². The van der Waals surface area contributed by atoms with E-state index in [2.05, 4.69) is 53.4 Å². The lowest BCUT2D eigenvalue weighted by Gasteiger charge is -2.47. The van der Waals surface area contributed by atoms with Crippen LogP contribution in [0.15, 0.2) is 76.0 Å². The number of pyridine rings is 1. The molecule has 1 aliphatic carbocycles. The van der Waals surface area contributed by atoms with E-state index >= 15 is 0 Å². The Balaban J connectivity index is 1.74. The van der Waals surface area contributed by atoms with Crippen LogP contribution in [0.25, 0.3) is 11.1 Å². The first kappa shape index (κ1) is 20.8. The summed E-state index contributed by atoms with van der Waals surface area (Å²) in [5, 5.41) is 22.0. The van der Waals surface area contributed by atoms with Gasteiger partial charge < -0.3 is 10.4 Å². The van der Waals surface area contributed by atoms with Crippen molar-refractivity contribution in [3.63, 3.8) is 0 Å². The molecule has 6 heteroatoms. The molecule has 2 aromatic rings. The molecule has 3 aliphatic rings. The first-order valence-electron chi connectivity index (χ1n) is 11.2. The molecule has 164 valence electrons. The fourth-order valence-corrected chi connectivity index (χ4v) is 5.68. The highest BCUT2D eigenvalue weighted by molar-refractivity contribution is 6.01. The van der Waals surface area contributed by atoms with Gasteiger partial charge in [-0.25, -0.2) is 0 Å². The van der Waals surface area contributed by atoms with Crippen molar-refractivity contribution in [2.75, 3.05) is 0 Å². The molecule has 3 heterocycles. The number of allylic oxidation sites excluding steroid dienone is 2. The second-order valence-corrected chi connectivity index (χ2v) is 9.69. The summed E-state index contributed by atoms with van der Waals surface area (Å²) in [7, 11) is 0. The van der Waals surface area contributed by atoms with Gasteiger partial charge in [-0.15, -0.1) is 0 Å². The van der Waals surface area contributed by atoms with Crippen LogP contribution in [0.5, 0.6) is 0 Å². The number of nitrogens with zero attached hydrogens (tertiary/aromatic N) is 3. The van der Waals surface area contributed by atoms with Crippen molar-refractivity contribution in [2.24, 2.45) is 15.6 Å². The van der Waals surface area contributed by atoms with Gasteiger partial charge in [0.2, 0.25) is 0 Å². The van der Waals surface area contributed by atoms with Crippen LogP contribution in [0.3, 0.4) is 0 Å². The molecule has 0 radical (unpaired) electrons. The Kier molecular flexibility index (Phi) is 4.86. The number of Topliss-reactive ketones (excluding diaryl/α,β-unsaturated/α-hetero) is 1. The Morgan fingerprint density at radius 2 is 2.06 bits per heavy atom. The Morgan fingerprint density at radius 3 is 2.84 bits per heavy atom. The predicted octanol–water partition coefficient (Wildman–Crippen LogP) is 4.81. The van der Waals surface area contributed by atoms with E-state index in [-0.39, 0.29) is 24.0 Å². The summed E-state index contributed by atoms with van der Waals surface area (Å²) in [5.41, 5.74) is 6.00. The maximum absolute atomic E-state index is 13.6. The maximum atomic E-state index is 13.6. The van der Waals surface area contributed by atoms with Crippen LogP contribution in [0, 0.1) is 5.41 Å². The number of carbonyl (C=O) groups is 1. The first-order valence-corrected chi connectivity index (χ1v) is 11.2. The van der Waals surface area contributed by atoms with E-state index in [4.69, 9.17) is 0 Å². The second-order valence-electron chi connectivity index (χ2n) is 9.69. The Labute approximate surface area is 188 Å². The van der Waals surface area contributed by atoms with E-state index in [1.807, 2.05) is 24.4 Å². The van der Waals surface area contributed by atoms with Gasteiger partial charge in [0.25, 0.3) is 0 Å². The van der Waals surface area contributed by atoms with Crippen molar-refractivity contribution in [2.45, 2.75) is 58.2 Å². The van der Waals surface area contributed by atoms with Crippen molar-refractivity contribution in [1.82, 2.24) is 10.3 Å². The second kappa shape index (κ2) is 7.48. The zero-order valence-corrected chi connectivity index (χ0v) is 18.7. The number of ketones is 1. The lowest BCUT2D eigenvalue weighted by molar-refractivity contribution is -0.119. The molecular weight excluding hydrogens is 400 g/mol. The molecule has 0 bridgehead atoms. The standard InChI is InChI=1S/C26H28N4O2/c1-4-26(18-7-5-6-16(10-18)19-8-9-27-13-17(19)15-31)20-14-28-30-24(20)29-21-11-25(2,3)12-22(32)23(21)26/h5-10,13-14,24,29,31H,4,11-12,15H2,1-3H3. The number of benzene rings is 1. The number of aromatic nitrogens is 1. The summed E-state index contributed by atoms with van der Waals surface area (Å²) >= 11 is 0. The number of carbonyl (C=O) groups excluding carboxylic acids is 1. The van der Waals surface area contributed by atoms with Crippen LogP contribution in [0.2, 0.25) is 0 Å². The summed E-state index contributed by atoms with van der Waals surface area (Å²) < 4.78 is 0. The van der Waals surface area contributed by atoms with E-state index in [0.717, 1.165) is 51.9 Å². The maximum Gasteiger partial charge on any atom is 0.164 e. The van der Waals surface area contributed by atoms with Crippen LogP contribution in [0.1, 0.15) is 51.2 Å². The molecule has 2 atom stereocenters. The average molecular weight is 429 g/mol. The van der Waals surface area contributed by atoms with Gasteiger partial charge in [0.1, 0.15) is 0 Å². The summed E-state index contributed by atoms with van der Waals surface area (Å²) in [6.45, 7) is 6.35. The molecule has 1 aromatic carbocycles. The largest absolute Gasteiger partial charge is 0.392 e. The van der Waals surface area contributed by atoms with Crippen LogP contribution < -0.4 is 5.32 Å². The average Bonchev–Trinajstić information content (AvgIpc) is 3.25. The topological polar surface area (TPSA) is 86.9 Å². The number of aliphatic hydroxyl groups is 1. The van der Waals surface area contributed by atoms with Crippen LogP contribution >= 0.6 is 0 Å². The molecule has 0 spiro atoms. The van der Waals surface area contributed by atoms with Crippen LogP contribution in [-0.2, 0) is 16.8 Å². The number of hydrogen-bond donors (Lipinski definition) is 2. The number of fused-ring (bicyclic) bond motifs is 1. The van der Waals surface area contributed by atoms with Crippen molar-refractivity contribution >= 4 is 5.78 Å². The van der Waals surface area contributed by atoms with Gasteiger partial charge in [0, 0.05) is 41.2 Å². The van der Waals surface area contributed by atoms with Gasteiger partial charge in [-0.1, -0.05) is 39.0 Å². The quantitative estimate of drug-likeness (QED) is 0.732. The smallest absolute Gasteiger partial charge is 0.164 e. The summed E-state index contributed by atoms with van der Waals surface area (Å²) in [6, 6.07) is 10.2. The van der Waals surface area contributed by atoms with Gasteiger partial charge in [-0.2, -0.15) is 10.2 Å². The molecule has 6 nitrogen and oxygen atoms in total. The lowest BCUT2D eigenvalue weighted by Crippen LogP contribution is -2.51. The number of nitrogens with one attached hydrogen (secondary N) is 1. The highest BCUT2D eigenvalue weighted by atomic mass is 16.3. The number of azo groups is 1. The molecule has 2 aliphatic heterocycles. The minimum atomic E-state index is -0.579. The van der Waals surface area contributed by atoms with Crippen LogP contribution in [-0.4, -0.2) is 22.0 Å². The third-order valence-electron chi connectivity index (χ3n) is 7.05. The summed E-state index contributed by atoms with van der Waals surface area (Å²) in [6.07, 6.45) is 7.10. The van der Waals surface area contributed by atoms with E-state index in [1.54, 1.807) is 12.4 Å². The molecule has 0 saturated carbocycles. The van der Waals surface area contributed by atoms with Gasteiger partial charge >= 0.3 is 0 Å². The van der Waals surface area contributed by atoms with Gasteiger partial charge in [0.05, 0.1) is 18.2 Å². The van der Waals surface area contributed by atoms with E-state index < -0.39 is 5.41 Å². The van der Waals surface area contributed by atoms with E-state index in [0.29, 0.717) is 6.42 Å². The molecule has 2 N–H and O–H groups in total. The zero-order valence-electron chi connectivity index (χ0n) is 18.7. The third kappa shape index (κ3) is 3.05. The monoisotopic (exact) mass is 428 g/mol. The molecule has 0 amide bonds. The predicted molar refractivity (Wildman–Crippen MR) is 122 cm³/mol. The minimum absolute atomic E-state index is 0.0793. The Morgan fingerprint density at radius 1 is 1.22 bits per heavy atom. The van der Waals surface area contributed by atoms with Gasteiger partial charge in [0.15, 0.2) is 11.9 Å². The minimum Gasteiger partial charge on any atom is -0.392 e. The summed E-state index contributed by atoms with van der Waals surface area (Å²) in [4.78, 5) is 17.8. The molecule has 0 fully saturated rings. The highest BCUT2D eigenvalue weighted by Gasteiger charge is 2.52. The van der Waals surface area contributed by atoms with Gasteiger partial charge in [-0.3, -0.25) is 9.78 Å². The number of hydrogen-bond acceptors (Lipinski definition) is 6. The number of aliphatic hydroxyl groups excluding tert-OH is 1. The SMILES string of the molecule is CCC1(c2cccc(-c3ccncc3CO)c2)C2=CN=NC2NC2=C1C(=O)CC(C)(C)C2. The fraction of sp³-hybridized carbons (Fsp3) is 0.385. The normalized spacial score (nSPS) is 25.8. The van der Waals surface area contributed by atoms with Crippen LogP contribution in [0.4, 0.5) is 0 Å². The molecule has 5 rings (SSSR count). The first-order chi connectivity index (χ1) is 15.4. The van der Waals surface area contributed by atoms with Crippen molar-refractivity contribution < 1.29 is 9.90 Å². The van der Waals surface area contributed by atoms with E-state index in [1.165, 1.54) is 0 Å². The molecule has 32 heavy (non-hydrogen) atoms. The molecule has 1 aromatic heterocycles. The van der Waals surface area contributed by atoms with E-state index in [9.17, 15) is 9.90 Å². The lowest BCUT2D eigenvalue weighted by atomic mass is 9.58. The highest BCUT2D eigenvalue weighted by Crippen LogP contribution is 2.54. The van der Waals surface area contributed by atoms with Crippen molar-refractivity contribution in [3.8, 4) is 11.1 Å². The van der Waals surface area contributed by atoms with Crippen molar-refractivity contribution in [1.29, 1.82) is 0 Å². The fourth-order valence-electron chi connectivity index (χ4n) is 5.68. The number of rotatable bonds is 4. The zero-order chi connectivity index (χ0) is 22.5. The van der Waals surface area contributed by atoms with Gasteiger partial charge in [-0.05, 0) is 47.1 Å². The molecular formula is C26H28N4O2. The summed E-state index contributed by atoms with van der Waals surface area (Å²) in [5.74, 6) is 0.196. The molecule has 0 saturated heterocycles.